The number of amides is 1. The first-order chi connectivity index (χ1) is 12.2. The maximum Gasteiger partial charge on any atom is 0.409 e. The Morgan fingerprint density at radius 3 is 2.88 bits per heavy atom. The molecule has 3 heterocycles. The number of fused-ring (bicyclic) bond motifs is 1. The van der Waals surface area contributed by atoms with Crippen LogP contribution in [0, 0.1) is 0 Å². The summed E-state index contributed by atoms with van der Waals surface area (Å²) in [6, 6.07) is 6.08. The van der Waals surface area contributed by atoms with Gasteiger partial charge in [-0.25, -0.2) is 14.8 Å². The first kappa shape index (κ1) is 20.3. The van der Waals surface area contributed by atoms with E-state index in [-0.39, 0.29) is 36.1 Å². The number of hydrogen-bond acceptors (Lipinski definition) is 4. The molecule has 0 aromatic carbocycles. The van der Waals surface area contributed by atoms with Crippen molar-refractivity contribution in [3.8, 4) is 0 Å². The number of aromatic nitrogens is 2. The summed E-state index contributed by atoms with van der Waals surface area (Å²) in [6.07, 6.45) is 5.31. The van der Waals surface area contributed by atoms with Gasteiger partial charge in [-0.05, 0) is 31.9 Å². The molecule has 0 saturated carbocycles. The van der Waals surface area contributed by atoms with Crippen LogP contribution in [0.15, 0.2) is 35.6 Å². The molecular formula is C17H25IN6O2. The van der Waals surface area contributed by atoms with Crippen molar-refractivity contribution in [2.75, 3.05) is 19.7 Å². The number of guanidine groups is 1. The number of nitrogens with one attached hydrogen (secondary N) is 1. The molecule has 1 saturated heterocycles. The Labute approximate surface area is 169 Å². The van der Waals surface area contributed by atoms with Gasteiger partial charge in [0.25, 0.3) is 0 Å². The zero-order chi connectivity index (χ0) is 17.6. The number of rotatable bonds is 4. The summed E-state index contributed by atoms with van der Waals surface area (Å²) >= 11 is 0. The van der Waals surface area contributed by atoms with Crippen molar-refractivity contribution in [2.24, 2.45) is 10.7 Å². The number of hydrogen-bond donors (Lipinski definition) is 2. The van der Waals surface area contributed by atoms with E-state index >= 15 is 0 Å². The smallest absolute Gasteiger partial charge is 0.409 e. The number of nitrogens with two attached hydrogens (primary N) is 1. The van der Waals surface area contributed by atoms with Gasteiger partial charge in [0.15, 0.2) is 5.96 Å². The molecule has 0 atom stereocenters. The van der Waals surface area contributed by atoms with Crippen LogP contribution >= 0.6 is 24.0 Å². The van der Waals surface area contributed by atoms with Crippen LogP contribution in [0.3, 0.4) is 0 Å². The zero-order valence-corrected chi connectivity index (χ0v) is 17.1. The number of aliphatic imine (C=N–C) groups is 1. The minimum absolute atomic E-state index is 0. The monoisotopic (exact) mass is 472 g/mol. The van der Waals surface area contributed by atoms with Crippen LogP contribution in [0.2, 0.25) is 0 Å². The predicted molar refractivity (Wildman–Crippen MR) is 111 cm³/mol. The highest BCUT2D eigenvalue weighted by molar-refractivity contribution is 14.0. The van der Waals surface area contributed by atoms with Gasteiger partial charge in [0.1, 0.15) is 5.65 Å². The minimum atomic E-state index is -0.241. The van der Waals surface area contributed by atoms with E-state index < -0.39 is 0 Å². The van der Waals surface area contributed by atoms with Crippen molar-refractivity contribution in [3.05, 3.63) is 36.3 Å². The molecule has 0 unspecified atom stereocenters. The number of carbonyl (C=O) groups excluding carboxylic acids is 1. The van der Waals surface area contributed by atoms with E-state index in [1.165, 1.54) is 0 Å². The molecule has 0 spiro atoms. The molecular weight excluding hydrogens is 447 g/mol. The van der Waals surface area contributed by atoms with Gasteiger partial charge in [-0.3, -0.25) is 0 Å². The van der Waals surface area contributed by atoms with E-state index in [2.05, 4.69) is 15.3 Å². The molecule has 0 bridgehead atoms. The maximum absolute atomic E-state index is 11.7. The summed E-state index contributed by atoms with van der Waals surface area (Å²) in [5, 5.41) is 3.23. The van der Waals surface area contributed by atoms with Gasteiger partial charge in [0.05, 0.1) is 18.8 Å². The number of halogens is 1. The van der Waals surface area contributed by atoms with E-state index in [1.54, 1.807) is 4.90 Å². The lowest BCUT2D eigenvalue weighted by Crippen LogP contribution is -2.48. The normalized spacial score (nSPS) is 15.6. The maximum atomic E-state index is 11.7. The van der Waals surface area contributed by atoms with E-state index in [0.717, 1.165) is 24.2 Å². The van der Waals surface area contributed by atoms with Crippen LogP contribution < -0.4 is 11.1 Å². The van der Waals surface area contributed by atoms with Gasteiger partial charge in [-0.15, -0.1) is 24.0 Å². The lowest BCUT2D eigenvalue weighted by molar-refractivity contribution is 0.0963. The van der Waals surface area contributed by atoms with Crippen molar-refractivity contribution in [1.29, 1.82) is 0 Å². The summed E-state index contributed by atoms with van der Waals surface area (Å²) in [7, 11) is 0. The van der Waals surface area contributed by atoms with Gasteiger partial charge < -0.3 is 25.1 Å². The Morgan fingerprint density at radius 1 is 1.42 bits per heavy atom. The first-order valence-corrected chi connectivity index (χ1v) is 8.56. The third-order valence-electron chi connectivity index (χ3n) is 4.20. The molecule has 142 valence electrons. The Balaban J connectivity index is 0.00000243. The van der Waals surface area contributed by atoms with Crippen LogP contribution in [0.25, 0.3) is 5.65 Å². The second-order valence-electron chi connectivity index (χ2n) is 6.00. The van der Waals surface area contributed by atoms with Crippen molar-refractivity contribution in [1.82, 2.24) is 19.6 Å². The highest BCUT2D eigenvalue weighted by atomic mass is 127. The fourth-order valence-corrected chi connectivity index (χ4v) is 2.91. The van der Waals surface area contributed by atoms with Crippen LogP contribution in [0.5, 0.6) is 0 Å². The summed E-state index contributed by atoms with van der Waals surface area (Å²) in [4.78, 5) is 22.3. The number of piperidine rings is 1. The quantitative estimate of drug-likeness (QED) is 0.403. The second kappa shape index (κ2) is 9.60. The van der Waals surface area contributed by atoms with Crippen molar-refractivity contribution < 1.29 is 9.53 Å². The standard InChI is InChI=1S/C17H24N6O2.HI/c1-2-25-17(24)22-9-6-13(7-10-22)21-16(18)19-11-14-12-23-8-4-3-5-15(23)20-14;/h3-5,8,12-13H,2,6-7,9-11H2,1H3,(H3,18,19,21);1H. The number of imidazole rings is 1. The molecule has 1 fully saturated rings. The Kier molecular flexibility index (Phi) is 7.49. The van der Waals surface area contributed by atoms with E-state index in [0.29, 0.717) is 32.2 Å². The van der Waals surface area contributed by atoms with E-state index in [1.807, 2.05) is 41.9 Å². The minimum Gasteiger partial charge on any atom is -0.450 e. The molecule has 1 aliphatic rings. The third kappa shape index (κ3) is 5.23. The molecule has 0 aliphatic carbocycles. The molecule has 2 aromatic heterocycles. The summed E-state index contributed by atoms with van der Waals surface area (Å²) in [5.74, 6) is 0.409. The van der Waals surface area contributed by atoms with Crippen molar-refractivity contribution in [3.63, 3.8) is 0 Å². The third-order valence-corrected chi connectivity index (χ3v) is 4.20. The highest BCUT2D eigenvalue weighted by Gasteiger charge is 2.23. The highest BCUT2D eigenvalue weighted by Crippen LogP contribution is 2.11. The van der Waals surface area contributed by atoms with E-state index in [4.69, 9.17) is 10.5 Å². The summed E-state index contributed by atoms with van der Waals surface area (Å²) < 4.78 is 6.98. The molecule has 0 radical (unpaired) electrons. The fraction of sp³-hybridized carbons (Fsp3) is 0.471. The largest absolute Gasteiger partial charge is 0.450 e. The Hall–Kier alpha value is -2.04. The molecule has 8 nitrogen and oxygen atoms in total. The average Bonchev–Trinajstić information content (AvgIpc) is 3.04. The predicted octanol–water partition coefficient (Wildman–Crippen LogP) is 1.98. The average molecular weight is 472 g/mol. The second-order valence-corrected chi connectivity index (χ2v) is 6.00. The number of likely N-dealkylation sites (tertiary alicyclic amines) is 1. The molecule has 1 amide bonds. The van der Waals surface area contributed by atoms with Crippen LogP contribution in [-0.2, 0) is 11.3 Å². The van der Waals surface area contributed by atoms with Crippen LogP contribution in [0.4, 0.5) is 4.79 Å². The first-order valence-electron chi connectivity index (χ1n) is 8.56. The van der Waals surface area contributed by atoms with Gasteiger partial charge in [-0.2, -0.15) is 0 Å². The lowest BCUT2D eigenvalue weighted by Gasteiger charge is -2.31. The molecule has 1 aliphatic heterocycles. The van der Waals surface area contributed by atoms with Gasteiger partial charge in [0, 0.05) is 31.5 Å². The Bertz CT molecular complexity index is 722. The molecule has 3 N–H and O–H groups in total. The Morgan fingerprint density at radius 2 is 2.19 bits per heavy atom. The molecule has 2 aromatic rings. The fourth-order valence-electron chi connectivity index (χ4n) is 2.91. The summed E-state index contributed by atoms with van der Waals surface area (Å²) in [5.41, 5.74) is 7.75. The number of ether oxygens (including phenoxy) is 1. The SMILES string of the molecule is CCOC(=O)N1CCC(NC(N)=NCc2cn3ccccc3n2)CC1.I. The molecule has 9 heteroatoms. The molecule has 26 heavy (non-hydrogen) atoms. The van der Waals surface area contributed by atoms with Crippen LogP contribution in [-0.4, -0.2) is 52.1 Å². The van der Waals surface area contributed by atoms with Crippen molar-refractivity contribution >= 4 is 41.7 Å². The number of pyridine rings is 1. The van der Waals surface area contributed by atoms with Gasteiger partial charge >= 0.3 is 6.09 Å². The summed E-state index contributed by atoms with van der Waals surface area (Å²) in [6.45, 7) is 3.97. The van der Waals surface area contributed by atoms with Crippen LogP contribution in [0.1, 0.15) is 25.5 Å². The lowest BCUT2D eigenvalue weighted by atomic mass is 10.1. The topological polar surface area (TPSA) is 97.2 Å². The van der Waals surface area contributed by atoms with E-state index in [9.17, 15) is 4.79 Å². The number of carbonyl (C=O) groups is 1. The van der Waals surface area contributed by atoms with Gasteiger partial charge in [-0.1, -0.05) is 6.07 Å². The van der Waals surface area contributed by atoms with Crippen molar-refractivity contribution in [2.45, 2.75) is 32.4 Å². The zero-order valence-electron chi connectivity index (χ0n) is 14.8. The molecule has 3 rings (SSSR count). The number of nitrogens with zero attached hydrogens (tertiary/aromatic N) is 4. The van der Waals surface area contributed by atoms with Gasteiger partial charge in [0.2, 0.25) is 0 Å².